The van der Waals surface area contributed by atoms with Gasteiger partial charge in [0.1, 0.15) is 0 Å². The molecule has 0 aliphatic heterocycles. The van der Waals surface area contributed by atoms with Gasteiger partial charge in [0.15, 0.2) is 0 Å². The zero-order valence-corrected chi connectivity index (χ0v) is 12.8. The molecule has 3 nitrogen and oxygen atoms in total. The van der Waals surface area contributed by atoms with Crippen LogP contribution in [0.2, 0.25) is 0 Å². The molecule has 0 saturated heterocycles. The Morgan fingerprint density at radius 1 is 1.40 bits per heavy atom. The van der Waals surface area contributed by atoms with Gasteiger partial charge in [0.2, 0.25) is 5.91 Å². The van der Waals surface area contributed by atoms with Crippen LogP contribution in [-0.2, 0) is 11.2 Å². The standard InChI is InChI=1S/C17H26N2O/c1-17(2,3)19-16(20)15(11-18)10-12-5-4-6-14(9-12)13-7-8-13/h4-6,9,13,15H,7-8,10-11,18H2,1-3H3,(H,19,20). The molecule has 3 heteroatoms. The van der Waals surface area contributed by atoms with Crippen LogP contribution in [0.15, 0.2) is 24.3 Å². The molecule has 1 unspecified atom stereocenters. The molecule has 0 spiro atoms. The van der Waals surface area contributed by atoms with E-state index in [1.165, 1.54) is 24.0 Å². The number of nitrogens with two attached hydrogens (primary N) is 1. The third kappa shape index (κ3) is 4.34. The van der Waals surface area contributed by atoms with Gasteiger partial charge in [-0.05, 0) is 57.1 Å². The van der Waals surface area contributed by atoms with Crippen molar-refractivity contribution in [2.24, 2.45) is 11.7 Å². The average molecular weight is 274 g/mol. The maximum Gasteiger partial charge on any atom is 0.225 e. The summed E-state index contributed by atoms with van der Waals surface area (Å²) in [5.41, 5.74) is 8.21. The molecule has 0 bridgehead atoms. The summed E-state index contributed by atoms with van der Waals surface area (Å²) in [7, 11) is 0. The fraction of sp³-hybridized carbons (Fsp3) is 0.588. The van der Waals surface area contributed by atoms with E-state index < -0.39 is 0 Å². The van der Waals surface area contributed by atoms with E-state index >= 15 is 0 Å². The molecule has 20 heavy (non-hydrogen) atoms. The topological polar surface area (TPSA) is 55.1 Å². The second-order valence-corrected chi connectivity index (χ2v) is 6.90. The van der Waals surface area contributed by atoms with E-state index in [-0.39, 0.29) is 17.4 Å². The number of hydrogen-bond acceptors (Lipinski definition) is 2. The highest BCUT2D eigenvalue weighted by Crippen LogP contribution is 2.40. The molecule has 0 heterocycles. The molecule has 1 aliphatic rings. The number of carbonyl (C=O) groups excluding carboxylic acids is 1. The molecule has 1 aromatic rings. The van der Waals surface area contributed by atoms with Gasteiger partial charge in [0.25, 0.3) is 0 Å². The summed E-state index contributed by atoms with van der Waals surface area (Å²) in [4.78, 5) is 12.2. The third-order valence-electron chi connectivity index (χ3n) is 3.64. The van der Waals surface area contributed by atoms with Crippen molar-refractivity contribution >= 4 is 5.91 Å². The molecule has 1 fully saturated rings. The highest BCUT2D eigenvalue weighted by molar-refractivity contribution is 5.79. The summed E-state index contributed by atoms with van der Waals surface area (Å²) in [6.07, 6.45) is 3.32. The van der Waals surface area contributed by atoms with E-state index in [1.807, 2.05) is 20.8 Å². The first-order valence-corrected chi connectivity index (χ1v) is 7.50. The van der Waals surface area contributed by atoms with E-state index in [9.17, 15) is 4.79 Å². The quantitative estimate of drug-likeness (QED) is 0.867. The average Bonchev–Trinajstić information content (AvgIpc) is 3.18. The Labute approximate surface area is 121 Å². The van der Waals surface area contributed by atoms with Gasteiger partial charge >= 0.3 is 0 Å². The lowest BCUT2D eigenvalue weighted by Crippen LogP contribution is -2.46. The van der Waals surface area contributed by atoms with Gasteiger partial charge < -0.3 is 11.1 Å². The first-order valence-electron chi connectivity index (χ1n) is 7.50. The molecular formula is C17H26N2O. The molecule has 0 aromatic heterocycles. The summed E-state index contributed by atoms with van der Waals surface area (Å²) in [6.45, 7) is 6.36. The Kier molecular flexibility index (Phi) is 4.48. The zero-order chi connectivity index (χ0) is 14.8. The zero-order valence-electron chi connectivity index (χ0n) is 12.8. The van der Waals surface area contributed by atoms with Crippen molar-refractivity contribution in [3.63, 3.8) is 0 Å². The van der Waals surface area contributed by atoms with Crippen molar-refractivity contribution in [1.29, 1.82) is 0 Å². The van der Waals surface area contributed by atoms with Crippen LogP contribution in [0.25, 0.3) is 0 Å². The van der Waals surface area contributed by atoms with Gasteiger partial charge in [0.05, 0.1) is 5.92 Å². The molecule has 1 aromatic carbocycles. The van der Waals surface area contributed by atoms with Crippen molar-refractivity contribution in [3.05, 3.63) is 35.4 Å². The monoisotopic (exact) mass is 274 g/mol. The van der Waals surface area contributed by atoms with Crippen LogP contribution in [0.5, 0.6) is 0 Å². The minimum Gasteiger partial charge on any atom is -0.351 e. The number of rotatable bonds is 5. The molecule has 0 radical (unpaired) electrons. The van der Waals surface area contributed by atoms with E-state index in [2.05, 4.69) is 29.6 Å². The van der Waals surface area contributed by atoms with Crippen molar-refractivity contribution in [2.75, 3.05) is 6.54 Å². The lowest BCUT2D eigenvalue weighted by molar-refractivity contribution is -0.126. The SMILES string of the molecule is CC(C)(C)NC(=O)C(CN)Cc1cccc(C2CC2)c1. The number of hydrogen-bond donors (Lipinski definition) is 2. The number of amides is 1. The smallest absolute Gasteiger partial charge is 0.225 e. The van der Waals surface area contributed by atoms with E-state index in [0.717, 1.165) is 12.3 Å². The van der Waals surface area contributed by atoms with Crippen LogP contribution < -0.4 is 11.1 Å². The maximum absolute atomic E-state index is 12.2. The molecule has 1 aliphatic carbocycles. The van der Waals surface area contributed by atoms with Gasteiger partial charge in [0, 0.05) is 12.1 Å². The van der Waals surface area contributed by atoms with Crippen molar-refractivity contribution in [3.8, 4) is 0 Å². The predicted octanol–water partition coefficient (Wildman–Crippen LogP) is 2.60. The minimum atomic E-state index is -0.208. The van der Waals surface area contributed by atoms with Crippen LogP contribution in [-0.4, -0.2) is 18.0 Å². The minimum absolute atomic E-state index is 0.0526. The van der Waals surface area contributed by atoms with Gasteiger partial charge in [-0.1, -0.05) is 24.3 Å². The maximum atomic E-state index is 12.2. The van der Waals surface area contributed by atoms with E-state index in [0.29, 0.717) is 6.54 Å². The third-order valence-corrected chi connectivity index (χ3v) is 3.64. The Bertz CT molecular complexity index is 472. The summed E-state index contributed by atoms with van der Waals surface area (Å²) in [6, 6.07) is 8.62. The largest absolute Gasteiger partial charge is 0.351 e. The molecule has 3 N–H and O–H groups in total. The van der Waals surface area contributed by atoms with Gasteiger partial charge in [-0.2, -0.15) is 0 Å². The lowest BCUT2D eigenvalue weighted by Gasteiger charge is -2.24. The predicted molar refractivity (Wildman–Crippen MR) is 82.6 cm³/mol. The summed E-state index contributed by atoms with van der Waals surface area (Å²) in [5, 5.41) is 3.02. The fourth-order valence-electron chi connectivity index (χ4n) is 2.43. The van der Waals surface area contributed by atoms with Crippen LogP contribution >= 0.6 is 0 Å². The Morgan fingerprint density at radius 3 is 2.65 bits per heavy atom. The number of nitrogens with one attached hydrogen (secondary N) is 1. The molecule has 110 valence electrons. The summed E-state index contributed by atoms with van der Waals surface area (Å²) in [5.74, 6) is 0.648. The van der Waals surface area contributed by atoms with Crippen LogP contribution in [0.4, 0.5) is 0 Å². The van der Waals surface area contributed by atoms with Crippen molar-refractivity contribution in [1.82, 2.24) is 5.32 Å². The first-order chi connectivity index (χ1) is 9.39. The number of carbonyl (C=O) groups is 1. The molecule has 1 amide bonds. The molecule has 2 rings (SSSR count). The van der Waals surface area contributed by atoms with Gasteiger partial charge in [-0.15, -0.1) is 0 Å². The molecule has 1 atom stereocenters. The van der Waals surface area contributed by atoms with Crippen molar-refractivity contribution in [2.45, 2.75) is 51.5 Å². The van der Waals surface area contributed by atoms with Crippen molar-refractivity contribution < 1.29 is 4.79 Å². The van der Waals surface area contributed by atoms with Gasteiger partial charge in [-0.3, -0.25) is 4.79 Å². The Balaban J connectivity index is 2.02. The normalized spacial score (nSPS) is 16.8. The Morgan fingerprint density at radius 2 is 2.10 bits per heavy atom. The lowest BCUT2D eigenvalue weighted by atomic mass is 9.95. The van der Waals surface area contributed by atoms with Crippen LogP contribution in [0.3, 0.4) is 0 Å². The van der Waals surface area contributed by atoms with Crippen LogP contribution in [0, 0.1) is 5.92 Å². The highest BCUT2D eigenvalue weighted by atomic mass is 16.2. The molecular weight excluding hydrogens is 248 g/mol. The summed E-state index contributed by atoms with van der Waals surface area (Å²) >= 11 is 0. The fourth-order valence-corrected chi connectivity index (χ4v) is 2.43. The Hall–Kier alpha value is -1.35. The number of benzene rings is 1. The van der Waals surface area contributed by atoms with Gasteiger partial charge in [-0.25, -0.2) is 0 Å². The summed E-state index contributed by atoms with van der Waals surface area (Å²) < 4.78 is 0. The molecule has 1 saturated carbocycles. The second-order valence-electron chi connectivity index (χ2n) is 6.90. The van der Waals surface area contributed by atoms with E-state index in [1.54, 1.807) is 0 Å². The first kappa shape index (κ1) is 15.0. The van der Waals surface area contributed by atoms with E-state index in [4.69, 9.17) is 5.73 Å². The highest BCUT2D eigenvalue weighted by Gasteiger charge is 2.25. The van der Waals surface area contributed by atoms with Crippen LogP contribution in [0.1, 0.15) is 50.7 Å². The second kappa shape index (κ2) is 5.96.